The van der Waals surface area contributed by atoms with E-state index in [1.54, 1.807) is 7.11 Å². The molecule has 108 valence electrons. The van der Waals surface area contributed by atoms with E-state index >= 15 is 0 Å². The molecule has 3 heteroatoms. The Morgan fingerprint density at radius 2 is 2.00 bits per heavy atom. The van der Waals surface area contributed by atoms with Crippen molar-refractivity contribution in [2.75, 3.05) is 33.4 Å². The first-order chi connectivity index (χ1) is 8.49. The summed E-state index contributed by atoms with van der Waals surface area (Å²) in [5.41, 5.74) is 0.351. The third kappa shape index (κ3) is 4.87. The highest BCUT2D eigenvalue weighted by Crippen LogP contribution is 2.24. The zero-order chi connectivity index (χ0) is 13.6. The maximum absolute atomic E-state index is 5.13. The van der Waals surface area contributed by atoms with Crippen molar-refractivity contribution >= 4 is 0 Å². The van der Waals surface area contributed by atoms with Gasteiger partial charge in [0.05, 0.1) is 0 Å². The number of nitrogens with one attached hydrogen (secondary N) is 1. The minimum atomic E-state index is 0.351. The number of methoxy groups -OCH3 is 1. The number of unbranched alkanes of at least 4 members (excludes halogenated alkanes) is 1. The number of hydrogen-bond donors (Lipinski definition) is 1. The lowest BCUT2D eigenvalue weighted by atomic mass is 9.84. The molecule has 0 aromatic heterocycles. The maximum atomic E-state index is 5.13. The van der Waals surface area contributed by atoms with Gasteiger partial charge in [-0.1, -0.05) is 27.7 Å². The summed E-state index contributed by atoms with van der Waals surface area (Å²) in [6.45, 7) is 13.7. The van der Waals surface area contributed by atoms with Crippen molar-refractivity contribution in [2.24, 2.45) is 5.41 Å². The van der Waals surface area contributed by atoms with Crippen molar-refractivity contribution in [3.8, 4) is 0 Å². The molecular weight excluding hydrogens is 224 g/mol. The second-order valence-corrected chi connectivity index (χ2v) is 6.58. The van der Waals surface area contributed by atoms with Gasteiger partial charge in [-0.25, -0.2) is 0 Å². The monoisotopic (exact) mass is 256 g/mol. The highest BCUT2D eigenvalue weighted by molar-refractivity contribution is 4.91. The Morgan fingerprint density at radius 1 is 1.28 bits per heavy atom. The van der Waals surface area contributed by atoms with Gasteiger partial charge < -0.3 is 10.1 Å². The molecule has 0 aromatic rings. The molecule has 1 saturated heterocycles. The van der Waals surface area contributed by atoms with Crippen LogP contribution in [-0.2, 0) is 4.74 Å². The van der Waals surface area contributed by atoms with Gasteiger partial charge in [0.1, 0.15) is 0 Å². The van der Waals surface area contributed by atoms with Gasteiger partial charge in [0.15, 0.2) is 0 Å². The van der Waals surface area contributed by atoms with Gasteiger partial charge in [-0.05, 0) is 31.2 Å². The predicted octanol–water partition coefficient (Wildman–Crippen LogP) is 2.51. The first kappa shape index (κ1) is 15.9. The van der Waals surface area contributed by atoms with Crippen molar-refractivity contribution in [3.05, 3.63) is 0 Å². The van der Waals surface area contributed by atoms with Crippen LogP contribution < -0.4 is 5.32 Å². The van der Waals surface area contributed by atoms with Crippen LogP contribution in [0.3, 0.4) is 0 Å². The second kappa shape index (κ2) is 7.46. The number of rotatable bonds is 6. The van der Waals surface area contributed by atoms with Crippen molar-refractivity contribution in [2.45, 2.75) is 59.0 Å². The summed E-state index contributed by atoms with van der Waals surface area (Å²) in [7, 11) is 1.79. The summed E-state index contributed by atoms with van der Waals surface area (Å²) >= 11 is 0. The molecule has 0 amide bonds. The van der Waals surface area contributed by atoms with Gasteiger partial charge in [-0.3, -0.25) is 4.90 Å². The topological polar surface area (TPSA) is 24.5 Å². The quantitative estimate of drug-likeness (QED) is 0.739. The van der Waals surface area contributed by atoms with E-state index in [4.69, 9.17) is 4.74 Å². The van der Waals surface area contributed by atoms with Crippen molar-refractivity contribution in [3.63, 3.8) is 0 Å². The standard InChI is InChI=1S/C15H32N2O/c1-6-13-11-16-14(15(2,3)4)12-17(13)9-7-8-10-18-5/h13-14,16H,6-12H2,1-5H3. The molecule has 1 heterocycles. The Hall–Kier alpha value is -0.120. The molecule has 2 atom stereocenters. The zero-order valence-electron chi connectivity index (χ0n) is 13.0. The average molecular weight is 256 g/mol. The molecule has 3 nitrogen and oxygen atoms in total. The summed E-state index contributed by atoms with van der Waals surface area (Å²) in [6.07, 6.45) is 3.67. The maximum Gasteiger partial charge on any atom is 0.0462 e. The molecular formula is C15H32N2O. The lowest BCUT2D eigenvalue weighted by Crippen LogP contribution is -2.60. The van der Waals surface area contributed by atoms with Gasteiger partial charge in [0, 0.05) is 38.9 Å². The fourth-order valence-corrected chi connectivity index (χ4v) is 2.67. The Bertz CT molecular complexity index is 225. The third-order valence-corrected chi connectivity index (χ3v) is 4.09. The van der Waals surface area contributed by atoms with E-state index < -0.39 is 0 Å². The fourth-order valence-electron chi connectivity index (χ4n) is 2.67. The molecule has 1 aliphatic rings. The minimum Gasteiger partial charge on any atom is -0.385 e. The Morgan fingerprint density at radius 3 is 2.56 bits per heavy atom. The SMILES string of the molecule is CCC1CNC(C(C)(C)C)CN1CCCCOC. The molecule has 0 bridgehead atoms. The van der Waals surface area contributed by atoms with Crippen molar-refractivity contribution < 1.29 is 4.74 Å². The van der Waals surface area contributed by atoms with E-state index in [0.29, 0.717) is 17.5 Å². The normalized spacial score (nSPS) is 26.5. The van der Waals surface area contributed by atoms with Gasteiger partial charge in [-0.15, -0.1) is 0 Å². The number of nitrogens with zero attached hydrogens (tertiary/aromatic N) is 1. The van der Waals surface area contributed by atoms with E-state index in [0.717, 1.165) is 13.2 Å². The highest BCUT2D eigenvalue weighted by atomic mass is 16.5. The average Bonchev–Trinajstić information content (AvgIpc) is 2.33. The fraction of sp³-hybridized carbons (Fsp3) is 1.00. The Kier molecular flexibility index (Phi) is 6.61. The largest absolute Gasteiger partial charge is 0.385 e. The molecule has 0 saturated carbocycles. The first-order valence-corrected chi connectivity index (χ1v) is 7.45. The molecule has 0 aromatic carbocycles. The molecule has 0 aliphatic carbocycles. The van der Waals surface area contributed by atoms with Gasteiger partial charge in [-0.2, -0.15) is 0 Å². The molecule has 0 spiro atoms. The third-order valence-electron chi connectivity index (χ3n) is 4.09. The highest BCUT2D eigenvalue weighted by Gasteiger charge is 2.32. The van der Waals surface area contributed by atoms with Crippen LogP contribution in [0.2, 0.25) is 0 Å². The summed E-state index contributed by atoms with van der Waals surface area (Å²) in [6, 6.07) is 1.33. The van der Waals surface area contributed by atoms with Crippen LogP contribution in [0, 0.1) is 5.41 Å². The lowest BCUT2D eigenvalue weighted by molar-refractivity contribution is 0.0795. The van der Waals surface area contributed by atoms with E-state index in [1.807, 2.05) is 0 Å². The lowest BCUT2D eigenvalue weighted by Gasteiger charge is -2.45. The molecule has 0 radical (unpaired) electrons. The summed E-state index contributed by atoms with van der Waals surface area (Å²) in [5.74, 6) is 0. The summed E-state index contributed by atoms with van der Waals surface area (Å²) in [4.78, 5) is 2.68. The Labute approximate surface area is 113 Å². The van der Waals surface area contributed by atoms with E-state index in [-0.39, 0.29) is 0 Å². The predicted molar refractivity (Wildman–Crippen MR) is 78.0 cm³/mol. The summed E-state index contributed by atoms with van der Waals surface area (Å²) < 4.78 is 5.13. The van der Waals surface area contributed by atoms with Crippen LogP contribution in [0.15, 0.2) is 0 Å². The van der Waals surface area contributed by atoms with Crippen LogP contribution in [0.4, 0.5) is 0 Å². The van der Waals surface area contributed by atoms with Gasteiger partial charge in [0.2, 0.25) is 0 Å². The summed E-state index contributed by atoms with van der Waals surface area (Å²) in [5, 5.41) is 3.73. The van der Waals surface area contributed by atoms with E-state index in [2.05, 4.69) is 37.9 Å². The molecule has 1 rings (SSSR count). The van der Waals surface area contributed by atoms with Crippen LogP contribution >= 0.6 is 0 Å². The molecule has 1 fully saturated rings. The van der Waals surface area contributed by atoms with Crippen LogP contribution in [0.25, 0.3) is 0 Å². The van der Waals surface area contributed by atoms with E-state index in [1.165, 1.54) is 32.4 Å². The van der Waals surface area contributed by atoms with Crippen molar-refractivity contribution in [1.29, 1.82) is 0 Å². The van der Waals surface area contributed by atoms with Crippen LogP contribution in [0.5, 0.6) is 0 Å². The smallest absolute Gasteiger partial charge is 0.0462 e. The molecule has 2 unspecified atom stereocenters. The molecule has 1 aliphatic heterocycles. The second-order valence-electron chi connectivity index (χ2n) is 6.58. The molecule has 18 heavy (non-hydrogen) atoms. The van der Waals surface area contributed by atoms with E-state index in [9.17, 15) is 0 Å². The Balaban J connectivity index is 2.43. The molecule has 1 N–H and O–H groups in total. The number of hydrogen-bond acceptors (Lipinski definition) is 3. The number of ether oxygens (including phenoxy) is 1. The van der Waals surface area contributed by atoms with Crippen LogP contribution in [0.1, 0.15) is 47.0 Å². The van der Waals surface area contributed by atoms with Crippen molar-refractivity contribution in [1.82, 2.24) is 10.2 Å². The first-order valence-electron chi connectivity index (χ1n) is 7.45. The minimum absolute atomic E-state index is 0.351. The number of piperazine rings is 1. The zero-order valence-corrected chi connectivity index (χ0v) is 13.0. The van der Waals surface area contributed by atoms with Gasteiger partial charge >= 0.3 is 0 Å². The van der Waals surface area contributed by atoms with Gasteiger partial charge in [0.25, 0.3) is 0 Å². The van der Waals surface area contributed by atoms with Crippen LogP contribution in [-0.4, -0.2) is 50.3 Å².